The maximum absolute atomic E-state index is 11.6. The highest BCUT2D eigenvalue weighted by Gasteiger charge is 2.35. The molecule has 0 saturated carbocycles. The zero-order chi connectivity index (χ0) is 13.9. The molecule has 0 radical (unpaired) electrons. The third-order valence-corrected chi connectivity index (χ3v) is 2.63. The molecule has 1 aliphatic rings. The predicted molar refractivity (Wildman–Crippen MR) is 73.6 cm³/mol. The number of nitrogens with zero attached hydrogens (tertiary/aromatic N) is 1. The topological polar surface area (TPSA) is 81.5 Å². The highest BCUT2D eigenvalue weighted by molar-refractivity contribution is 5.68. The van der Waals surface area contributed by atoms with Crippen LogP contribution in [0.3, 0.4) is 0 Å². The summed E-state index contributed by atoms with van der Waals surface area (Å²) in [6, 6.07) is -1.40. The van der Waals surface area contributed by atoms with Crippen molar-refractivity contribution in [2.75, 3.05) is 0 Å². The maximum Gasteiger partial charge on any atom is 0.408 e. The molecule has 0 aromatic rings. The van der Waals surface area contributed by atoms with Crippen LogP contribution in [0.2, 0.25) is 0 Å². The van der Waals surface area contributed by atoms with Crippen LogP contribution in [0.1, 0.15) is 41.5 Å². The molecule has 1 amide bonds. The Morgan fingerprint density at radius 3 is 2.47 bits per heavy atom. The molecule has 3 atom stereocenters. The molecule has 1 aliphatic carbocycles. The fraction of sp³-hybridized carbons (Fsp3) is 0.769. The lowest BCUT2D eigenvalue weighted by Gasteiger charge is -2.26. The predicted octanol–water partition coefficient (Wildman–Crippen LogP) is 2.76. The number of carbonyl (C=O) groups is 1. The Morgan fingerprint density at radius 2 is 2.00 bits per heavy atom. The van der Waals surface area contributed by atoms with Crippen LogP contribution >= 0.6 is 0 Å². The van der Waals surface area contributed by atoms with Crippen LogP contribution in [0, 0.1) is 16.0 Å². The maximum atomic E-state index is 11.6. The zero-order valence-electron chi connectivity index (χ0n) is 11.2. The quantitative estimate of drug-likeness (QED) is 0.476. The average molecular weight is 272 g/mol. The molecule has 110 valence electrons. The number of rotatable bonds is 2. The van der Waals surface area contributed by atoms with E-state index in [1.807, 2.05) is 13.0 Å². The minimum Gasteiger partial charge on any atom is -0.444 e. The largest absolute Gasteiger partial charge is 0.444 e. The Labute approximate surface area is 114 Å². The van der Waals surface area contributed by atoms with Gasteiger partial charge in [0.25, 0.3) is 0 Å². The summed E-state index contributed by atoms with van der Waals surface area (Å²) in [5, 5.41) is 13.5. The number of carbonyl (C=O) groups excluding carboxylic acids is 1. The number of alkyl carbamates (subject to hydrolysis) is 1. The lowest BCUT2D eigenvalue weighted by atomic mass is 9.90. The van der Waals surface area contributed by atoms with E-state index in [1.54, 1.807) is 26.8 Å². The minimum absolute atomic E-state index is 0. The Balaban J connectivity index is 0.00000324. The summed E-state index contributed by atoms with van der Waals surface area (Å²) in [6.07, 6.45) is 3.34. The summed E-state index contributed by atoms with van der Waals surface area (Å²) < 4.78 is 5.09. The van der Waals surface area contributed by atoms with Crippen molar-refractivity contribution in [3.05, 3.63) is 22.3 Å². The molecular weight excluding hydrogens is 248 g/mol. The Hall–Kier alpha value is -1.59. The van der Waals surface area contributed by atoms with Gasteiger partial charge in [0.1, 0.15) is 11.6 Å². The highest BCUT2D eigenvalue weighted by Crippen LogP contribution is 2.20. The van der Waals surface area contributed by atoms with Crippen molar-refractivity contribution in [1.29, 1.82) is 0 Å². The van der Waals surface area contributed by atoms with E-state index < -0.39 is 23.8 Å². The summed E-state index contributed by atoms with van der Waals surface area (Å²) in [7, 11) is 0. The first kappa shape index (κ1) is 17.4. The van der Waals surface area contributed by atoms with Crippen molar-refractivity contribution >= 4 is 6.09 Å². The standard InChI is InChI=1S/C12H20N2O4.CH4/c1-8-5-6-9(10(7-8)14(16)17)13-11(15)18-12(2,3)4;/h5-6,8-10H,7H2,1-4H3,(H,13,15);1H4. The van der Waals surface area contributed by atoms with Crippen LogP contribution in [0.25, 0.3) is 0 Å². The van der Waals surface area contributed by atoms with Gasteiger partial charge in [-0.3, -0.25) is 10.1 Å². The first-order valence-corrected chi connectivity index (χ1v) is 6.00. The lowest BCUT2D eigenvalue weighted by Crippen LogP contribution is -2.49. The van der Waals surface area contributed by atoms with Gasteiger partial charge < -0.3 is 10.1 Å². The van der Waals surface area contributed by atoms with Crippen molar-refractivity contribution in [1.82, 2.24) is 5.32 Å². The van der Waals surface area contributed by atoms with E-state index >= 15 is 0 Å². The third kappa shape index (κ3) is 5.72. The number of nitro groups is 1. The van der Waals surface area contributed by atoms with Crippen molar-refractivity contribution in [2.45, 2.75) is 59.2 Å². The van der Waals surface area contributed by atoms with Crippen molar-refractivity contribution in [2.24, 2.45) is 5.92 Å². The first-order valence-electron chi connectivity index (χ1n) is 6.00. The third-order valence-electron chi connectivity index (χ3n) is 2.63. The van der Waals surface area contributed by atoms with E-state index in [-0.39, 0.29) is 18.3 Å². The molecule has 1 rings (SSSR count). The Morgan fingerprint density at radius 1 is 1.42 bits per heavy atom. The fourth-order valence-corrected chi connectivity index (χ4v) is 1.85. The second-order valence-corrected chi connectivity index (χ2v) is 5.62. The van der Waals surface area contributed by atoms with E-state index in [0.29, 0.717) is 6.42 Å². The molecule has 0 heterocycles. The monoisotopic (exact) mass is 272 g/mol. The van der Waals surface area contributed by atoms with Crippen molar-refractivity contribution < 1.29 is 14.5 Å². The number of nitrogens with one attached hydrogen (secondary N) is 1. The Bertz CT molecular complexity index is 360. The Kier molecular flexibility index (Phi) is 5.99. The number of allylic oxidation sites excluding steroid dienone is 1. The van der Waals surface area contributed by atoms with Crippen molar-refractivity contribution in [3.8, 4) is 0 Å². The molecule has 1 N–H and O–H groups in total. The SMILES string of the molecule is C.CC1C=CC(NC(=O)OC(C)(C)C)C([N+](=O)[O-])C1. The lowest BCUT2D eigenvalue weighted by molar-refractivity contribution is -0.527. The molecule has 0 aliphatic heterocycles. The van der Waals surface area contributed by atoms with Gasteiger partial charge >= 0.3 is 6.09 Å². The summed E-state index contributed by atoms with van der Waals surface area (Å²) >= 11 is 0. The van der Waals surface area contributed by atoms with Crippen LogP contribution < -0.4 is 5.32 Å². The van der Waals surface area contributed by atoms with Crippen LogP contribution in [0.5, 0.6) is 0 Å². The van der Waals surface area contributed by atoms with Crippen LogP contribution in [-0.4, -0.2) is 28.7 Å². The number of hydrogen-bond acceptors (Lipinski definition) is 4. The number of hydrogen-bond donors (Lipinski definition) is 1. The number of ether oxygens (including phenoxy) is 1. The smallest absolute Gasteiger partial charge is 0.408 e. The van der Waals surface area contributed by atoms with E-state index in [0.717, 1.165) is 0 Å². The first-order chi connectivity index (χ1) is 8.19. The van der Waals surface area contributed by atoms with Gasteiger partial charge in [0.2, 0.25) is 6.04 Å². The van der Waals surface area contributed by atoms with Gasteiger partial charge in [-0.15, -0.1) is 0 Å². The second-order valence-electron chi connectivity index (χ2n) is 5.62. The fourth-order valence-electron chi connectivity index (χ4n) is 1.85. The second kappa shape index (κ2) is 6.54. The summed E-state index contributed by atoms with van der Waals surface area (Å²) in [5.41, 5.74) is -0.611. The van der Waals surface area contributed by atoms with Gasteiger partial charge in [-0.1, -0.05) is 26.5 Å². The molecule has 0 saturated heterocycles. The van der Waals surface area contributed by atoms with Crippen LogP contribution in [0.15, 0.2) is 12.2 Å². The van der Waals surface area contributed by atoms with Gasteiger partial charge in [0.05, 0.1) is 0 Å². The molecule has 0 aromatic carbocycles. The van der Waals surface area contributed by atoms with Crippen molar-refractivity contribution in [3.63, 3.8) is 0 Å². The molecule has 6 nitrogen and oxygen atoms in total. The molecule has 0 spiro atoms. The van der Waals surface area contributed by atoms with E-state index in [2.05, 4.69) is 5.32 Å². The minimum atomic E-state index is -0.794. The van der Waals surface area contributed by atoms with Gasteiger partial charge in [-0.2, -0.15) is 0 Å². The molecule has 19 heavy (non-hydrogen) atoms. The summed E-state index contributed by atoms with van der Waals surface area (Å²) in [6.45, 7) is 7.15. The molecule has 0 fully saturated rings. The molecular formula is C13H24N2O4. The summed E-state index contributed by atoms with van der Waals surface area (Å²) in [4.78, 5) is 22.2. The average Bonchev–Trinajstić information content (AvgIpc) is 2.17. The normalized spacial score (nSPS) is 26.2. The van der Waals surface area contributed by atoms with E-state index in [1.165, 1.54) is 0 Å². The van der Waals surface area contributed by atoms with Gasteiger partial charge in [0.15, 0.2) is 0 Å². The molecule has 6 heteroatoms. The van der Waals surface area contributed by atoms with E-state index in [4.69, 9.17) is 4.74 Å². The summed E-state index contributed by atoms with van der Waals surface area (Å²) in [5.74, 6) is 0.150. The van der Waals surface area contributed by atoms with E-state index in [9.17, 15) is 14.9 Å². The highest BCUT2D eigenvalue weighted by atomic mass is 16.6. The van der Waals surface area contributed by atoms with Gasteiger partial charge in [0, 0.05) is 11.3 Å². The van der Waals surface area contributed by atoms with Gasteiger partial charge in [-0.25, -0.2) is 4.79 Å². The van der Waals surface area contributed by atoms with Gasteiger partial charge in [-0.05, 0) is 26.7 Å². The van der Waals surface area contributed by atoms with Crippen LogP contribution in [-0.2, 0) is 4.74 Å². The van der Waals surface area contributed by atoms with Crippen LogP contribution in [0.4, 0.5) is 4.79 Å². The molecule has 0 bridgehead atoms. The zero-order valence-corrected chi connectivity index (χ0v) is 11.2. The number of amides is 1. The molecule has 3 unspecified atom stereocenters. The molecule has 0 aromatic heterocycles.